The number of alkyl halides is 1. The molecule has 5 heteroatoms. The zero-order valence-corrected chi connectivity index (χ0v) is 9.42. The molecule has 0 radical (unpaired) electrons. The van der Waals surface area contributed by atoms with Crippen LogP contribution in [-0.4, -0.2) is 30.5 Å². The quantitative estimate of drug-likeness (QED) is 0.302. The molecule has 0 rings (SSSR count). The van der Waals surface area contributed by atoms with Gasteiger partial charge < -0.3 is 9.47 Å². The van der Waals surface area contributed by atoms with Crippen LogP contribution in [0, 0.1) is 0 Å². The highest BCUT2D eigenvalue weighted by Gasteiger charge is 2.02. The van der Waals surface area contributed by atoms with Gasteiger partial charge >= 0.3 is 11.9 Å². The van der Waals surface area contributed by atoms with Crippen LogP contribution in [-0.2, 0) is 19.1 Å². The Morgan fingerprint density at radius 2 is 1.93 bits per heavy atom. The SMILES string of the molecule is C=CC(=O)OCCOC(=O)CCCBr. The van der Waals surface area contributed by atoms with Crippen LogP contribution in [0.15, 0.2) is 12.7 Å². The molecular formula is C9H13BrO4. The van der Waals surface area contributed by atoms with Crippen molar-refractivity contribution in [3.8, 4) is 0 Å². The molecule has 0 aliphatic carbocycles. The standard InChI is InChI=1S/C9H13BrO4/c1-2-8(11)13-6-7-14-9(12)4-3-5-10/h2H,1,3-7H2. The zero-order valence-electron chi connectivity index (χ0n) is 7.83. The third kappa shape index (κ3) is 7.79. The number of hydrogen-bond acceptors (Lipinski definition) is 4. The van der Waals surface area contributed by atoms with Gasteiger partial charge in [-0.2, -0.15) is 0 Å². The van der Waals surface area contributed by atoms with E-state index in [9.17, 15) is 9.59 Å². The summed E-state index contributed by atoms with van der Waals surface area (Å²) in [5, 5.41) is 0.771. The van der Waals surface area contributed by atoms with Gasteiger partial charge in [0.25, 0.3) is 0 Å². The van der Waals surface area contributed by atoms with Gasteiger partial charge in [0, 0.05) is 17.8 Å². The van der Waals surface area contributed by atoms with Gasteiger partial charge in [-0.25, -0.2) is 4.79 Å². The highest BCUT2D eigenvalue weighted by atomic mass is 79.9. The number of esters is 2. The first-order valence-corrected chi connectivity index (χ1v) is 5.33. The highest BCUT2D eigenvalue weighted by Crippen LogP contribution is 1.96. The van der Waals surface area contributed by atoms with Crippen LogP contribution in [0.4, 0.5) is 0 Å². The van der Waals surface area contributed by atoms with E-state index in [1.165, 1.54) is 0 Å². The van der Waals surface area contributed by atoms with Crippen LogP contribution in [0.25, 0.3) is 0 Å². The Bertz CT molecular complexity index is 203. The number of ether oxygens (including phenoxy) is 2. The van der Waals surface area contributed by atoms with Crippen molar-refractivity contribution in [1.29, 1.82) is 0 Å². The van der Waals surface area contributed by atoms with Gasteiger partial charge in [-0.05, 0) is 6.42 Å². The van der Waals surface area contributed by atoms with E-state index in [4.69, 9.17) is 4.74 Å². The monoisotopic (exact) mass is 264 g/mol. The highest BCUT2D eigenvalue weighted by molar-refractivity contribution is 9.09. The van der Waals surface area contributed by atoms with Crippen molar-refractivity contribution in [1.82, 2.24) is 0 Å². The van der Waals surface area contributed by atoms with E-state index in [1.807, 2.05) is 0 Å². The average molecular weight is 265 g/mol. The largest absolute Gasteiger partial charge is 0.462 e. The molecule has 0 atom stereocenters. The van der Waals surface area contributed by atoms with Crippen molar-refractivity contribution < 1.29 is 19.1 Å². The van der Waals surface area contributed by atoms with Crippen LogP contribution in [0.3, 0.4) is 0 Å². The van der Waals surface area contributed by atoms with Gasteiger partial charge in [0.05, 0.1) is 0 Å². The maximum absolute atomic E-state index is 10.9. The Morgan fingerprint density at radius 3 is 2.50 bits per heavy atom. The fourth-order valence-corrected chi connectivity index (χ4v) is 0.920. The molecule has 4 nitrogen and oxygen atoms in total. The predicted molar refractivity (Wildman–Crippen MR) is 55.1 cm³/mol. The first-order chi connectivity index (χ1) is 6.70. The second-order valence-corrected chi connectivity index (χ2v) is 3.18. The number of rotatable bonds is 7. The lowest BCUT2D eigenvalue weighted by molar-refractivity contribution is -0.149. The fraction of sp³-hybridized carbons (Fsp3) is 0.556. The third-order valence-corrected chi connectivity index (χ3v) is 1.83. The Kier molecular flexibility index (Phi) is 8.22. The summed E-state index contributed by atoms with van der Waals surface area (Å²) in [5.74, 6) is -0.791. The van der Waals surface area contributed by atoms with Crippen molar-refractivity contribution in [2.24, 2.45) is 0 Å². The molecule has 0 bridgehead atoms. The lowest BCUT2D eigenvalue weighted by Gasteiger charge is -2.03. The van der Waals surface area contributed by atoms with E-state index in [2.05, 4.69) is 27.2 Å². The summed E-state index contributed by atoms with van der Waals surface area (Å²) in [6.07, 6.45) is 2.18. The minimum absolute atomic E-state index is 0.0743. The molecular weight excluding hydrogens is 252 g/mol. The molecule has 0 amide bonds. The summed E-state index contributed by atoms with van der Waals surface area (Å²) < 4.78 is 9.37. The van der Waals surface area contributed by atoms with E-state index < -0.39 is 5.97 Å². The molecule has 14 heavy (non-hydrogen) atoms. The molecule has 0 heterocycles. The molecule has 0 aromatic heterocycles. The molecule has 0 fully saturated rings. The van der Waals surface area contributed by atoms with Crippen LogP contribution in [0.2, 0.25) is 0 Å². The number of halogens is 1. The van der Waals surface area contributed by atoms with Gasteiger partial charge in [0.15, 0.2) is 0 Å². The van der Waals surface area contributed by atoms with E-state index in [0.717, 1.165) is 17.8 Å². The van der Waals surface area contributed by atoms with E-state index in [0.29, 0.717) is 6.42 Å². The molecule has 0 aliphatic heterocycles. The predicted octanol–water partition coefficient (Wildman–Crippen LogP) is 1.43. The first kappa shape index (κ1) is 13.2. The molecule has 0 N–H and O–H groups in total. The summed E-state index contributed by atoms with van der Waals surface area (Å²) in [4.78, 5) is 21.5. The second kappa shape index (κ2) is 8.74. The lowest BCUT2D eigenvalue weighted by atomic mass is 10.3. The summed E-state index contributed by atoms with van der Waals surface area (Å²) in [6.45, 7) is 3.40. The maximum Gasteiger partial charge on any atom is 0.330 e. The number of carbonyl (C=O) groups is 2. The van der Waals surface area contributed by atoms with Crippen LogP contribution in [0.1, 0.15) is 12.8 Å². The van der Waals surface area contributed by atoms with Crippen molar-refractivity contribution >= 4 is 27.9 Å². The summed E-state index contributed by atoms with van der Waals surface area (Å²) >= 11 is 3.20. The van der Waals surface area contributed by atoms with Crippen molar-refractivity contribution in [2.75, 3.05) is 18.5 Å². The molecule has 80 valence electrons. The Balaban J connectivity index is 3.31. The fourth-order valence-electron chi connectivity index (χ4n) is 0.640. The Hall–Kier alpha value is -0.840. The van der Waals surface area contributed by atoms with Crippen LogP contribution < -0.4 is 0 Å². The molecule has 0 saturated carbocycles. The second-order valence-electron chi connectivity index (χ2n) is 2.38. The van der Waals surface area contributed by atoms with Gasteiger partial charge in [-0.3, -0.25) is 4.79 Å². The topological polar surface area (TPSA) is 52.6 Å². The smallest absolute Gasteiger partial charge is 0.330 e. The molecule has 0 aromatic carbocycles. The minimum Gasteiger partial charge on any atom is -0.462 e. The van der Waals surface area contributed by atoms with Crippen molar-refractivity contribution in [3.63, 3.8) is 0 Å². The molecule has 0 aliphatic rings. The van der Waals surface area contributed by atoms with Gasteiger partial charge in [0.1, 0.15) is 13.2 Å². The van der Waals surface area contributed by atoms with Crippen molar-refractivity contribution in [2.45, 2.75) is 12.8 Å². The Labute approximate surface area is 91.4 Å². The van der Waals surface area contributed by atoms with E-state index >= 15 is 0 Å². The summed E-state index contributed by atoms with van der Waals surface area (Å²) in [7, 11) is 0. The number of hydrogen-bond donors (Lipinski definition) is 0. The summed E-state index contributed by atoms with van der Waals surface area (Å²) in [6, 6.07) is 0. The zero-order chi connectivity index (χ0) is 10.8. The van der Waals surface area contributed by atoms with Crippen molar-refractivity contribution in [3.05, 3.63) is 12.7 Å². The lowest BCUT2D eigenvalue weighted by Crippen LogP contribution is -2.12. The molecule has 0 aromatic rings. The average Bonchev–Trinajstić information content (AvgIpc) is 2.21. The Morgan fingerprint density at radius 1 is 1.29 bits per heavy atom. The maximum atomic E-state index is 10.9. The molecule has 0 spiro atoms. The van der Waals surface area contributed by atoms with E-state index in [-0.39, 0.29) is 19.2 Å². The van der Waals surface area contributed by atoms with Gasteiger partial charge in [0.2, 0.25) is 0 Å². The summed E-state index contributed by atoms with van der Waals surface area (Å²) in [5.41, 5.74) is 0. The minimum atomic E-state index is -0.512. The van der Waals surface area contributed by atoms with Gasteiger partial charge in [-0.15, -0.1) is 0 Å². The van der Waals surface area contributed by atoms with Crippen LogP contribution in [0.5, 0.6) is 0 Å². The normalized spacial score (nSPS) is 9.21. The van der Waals surface area contributed by atoms with Crippen LogP contribution >= 0.6 is 15.9 Å². The molecule has 0 unspecified atom stereocenters. The molecule has 0 saturated heterocycles. The van der Waals surface area contributed by atoms with Gasteiger partial charge in [-0.1, -0.05) is 22.5 Å². The first-order valence-electron chi connectivity index (χ1n) is 4.21. The number of carbonyl (C=O) groups excluding carboxylic acids is 2. The third-order valence-electron chi connectivity index (χ3n) is 1.27. The van der Waals surface area contributed by atoms with E-state index in [1.54, 1.807) is 0 Å².